The lowest BCUT2D eigenvalue weighted by Gasteiger charge is -2.27. The van der Waals surface area contributed by atoms with Crippen LogP contribution in [0.25, 0.3) is 0 Å². The number of hydrogen-bond acceptors (Lipinski definition) is 2. The van der Waals surface area contributed by atoms with Gasteiger partial charge < -0.3 is 5.11 Å². The molecule has 0 fully saturated rings. The summed E-state index contributed by atoms with van der Waals surface area (Å²) in [7, 11) is 0. The van der Waals surface area contributed by atoms with Crippen LogP contribution in [0.1, 0.15) is 74.9 Å². The van der Waals surface area contributed by atoms with Crippen LogP contribution in [0.15, 0.2) is 29.3 Å². The van der Waals surface area contributed by atoms with Gasteiger partial charge in [-0.05, 0) is 54.4 Å². The van der Waals surface area contributed by atoms with Crippen molar-refractivity contribution in [2.24, 2.45) is 4.99 Å². The lowest BCUT2D eigenvalue weighted by molar-refractivity contribution is 0.444. The highest BCUT2D eigenvalue weighted by Gasteiger charge is 2.24. The van der Waals surface area contributed by atoms with Crippen molar-refractivity contribution in [3.63, 3.8) is 0 Å². The summed E-state index contributed by atoms with van der Waals surface area (Å²) in [6.45, 7) is 19.2. The summed E-state index contributed by atoms with van der Waals surface area (Å²) in [6.07, 6.45) is 1.81. The van der Waals surface area contributed by atoms with E-state index in [2.05, 4.69) is 86.6 Å². The van der Waals surface area contributed by atoms with Crippen LogP contribution in [-0.2, 0) is 10.8 Å². The minimum Gasteiger partial charge on any atom is -0.507 e. The smallest absolute Gasteiger partial charge is 0.128 e. The predicted molar refractivity (Wildman–Crippen MR) is 113 cm³/mol. The van der Waals surface area contributed by atoms with E-state index in [1.807, 2.05) is 6.21 Å². The highest BCUT2D eigenvalue weighted by molar-refractivity contribution is 5.87. The molecule has 2 rings (SSSR count). The van der Waals surface area contributed by atoms with Gasteiger partial charge in [0.05, 0.1) is 5.69 Å². The average molecular weight is 352 g/mol. The Labute approximate surface area is 159 Å². The van der Waals surface area contributed by atoms with Crippen molar-refractivity contribution in [3.05, 3.63) is 57.6 Å². The molecule has 2 aromatic rings. The van der Waals surface area contributed by atoms with E-state index in [1.54, 1.807) is 0 Å². The second-order valence-corrected chi connectivity index (χ2v) is 9.47. The first-order chi connectivity index (χ1) is 11.8. The van der Waals surface area contributed by atoms with Crippen LogP contribution in [0.5, 0.6) is 5.75 Å². The first-order valence-corrected chi connectivity index (χ1v) is 9.30. The summed E-state index contributed by atoms with van der Waals surface area (Å²) < 4.78 is 0. The summed E-state index contributed by atoms with van der Waals surface area (Å²) >= 11 is 0. The first kappa shape index (κ1) is 20.2. The number of rotatable bonds is 2. The SMILES string of the molecule is Cc1cc(C)c(/N=C/c2cc(C(C)(C)C)cc(C(C)(C)C)c2O)c(C)c1. The molecule has 2 heteroatoms. The largest absolute Gasteiger partial charge is 0.507 e. The van der Waals surface area contributed by atoms with Crippen molar-refractivity contribution >= 4 is 11.9 Å². The predicted octanol–water partition coefficient (Wildman–Crippen LogP) is 6.66. The molecule has 0 amide bonds. The number of aryl methyl sites for hydroxylation is 3. The molecule has 0 aliphatic heterocycles. The van der Waals surface area contributed by atoms with Crippen LogP contribution in [-0.4, -0.2) is 11.3 Å². The van der Waals surface area contributed by atoms with Gasteiger partial charge in [-0.1, -0.05) is 65.3 Å². The van der Waals surface area contributed by atoms with E-state index >= 15 is 0 Å². The van der Waals surface area contributed by atoms with Crippen LogP contribution in [0.4, 0.5) is 5.69 Å². The molecule has 0 aromatic heterocycles. The molecule has 0 aliphatic rings. The van der Waals surface area contributed by atoms with Crippen molar-refractivity contribution in [3.8, 4) is 5.75 Å². The van der Waals surface area contributed by atoms with E-state index in [4.69, 9.17) is 4.99 Å². The molecule has 0 atom stereocenters. The molecule has 2 aromatic carbocycles. The van der Waals surface area contributed by atoms with Crippen LogP contribution in [0.3, 0.4) is 0 Å². The molecule has 0 saturated heterocycles. The maximum absolute atomic E-state index is 10.9. The molecule has 0 unspecified atom stereocenters. The van der Waals surface area contributed by atoms with Gasteiger partial charge in [0.25, 0.3) is 0 Å². The van der Waals surface area contributed by atoms with E-state index < -0.39 is 0 Å². The highest BCUT2D eigenvalue weighted by Crippen LogP contribution is 2.37. The zero-order valence-electron chi connectivity index (χ0n) is 17.8. The summed E-state index contributed by atoms with van der Waals surface area (Å²) in [5.41, 5.74) is 7.35. The van der Waals surface area contributed by atoms with Gasteiger partial charge in [-0.2, -0.15) is 0 Å². The Morgan fingerprint density at radius 2 is 1.35 bits per heavy atom. The molecule has 0 bridgehead atoms. The molecule has 2 nitrogen and oxygen atoms in total. The Hall–Kier alpha value is -2.09. The van der Waals surface area contributed by atoms with Crippen LogP contribution >= 0.6 is 0 Å². The third-order valence-electron chi connectivity index (χ3n) is 4.78. The van der Waals surface area contributed by atoms with Crippen LogP contribution < -0.4 is 0 Å². The number of benzene rings is 2. The average Bonchev–Trinajstić information content (AvgIpc) is 2.45. The summed E-state index contributed by atoms with van der Waals surface area (Å²) in [6, 6.07) is 8.49. The van der Waals surface area contributed by atoms with E-state index in [0.29, 0.717) is 5.75 Å². The second kappa shape index (κ2) is 6.90. The van der Waals surface area contributed by atoms with E-state index in [1.165, 1.54) is 11.1 Å². The molecule has 0 aliphatic carbocycles. The Bertz CT molecular complexity index is 823. The fourth-order valence-electron chi connectivity index (χ4n) is 3.27. The van der Waals surface area contributed by atoms with Crippen molar-refractivity contribution in [1.82, 2.24) is 0 Å². The van der Waals surface area contributed by atoms with E-state index in [-0.39, 0.29) is 10.8 Å². The van der Waals surface area contributed by atoms with Crippen molar-refractivity contribution in [2.45, 2.75) is 73.1 Å². The van der Waals surface area contributed by atoms with Gasteiger partial charge in [0, 0.05) is 17.3 Å². The molecule has 140 valence electrons. The normalized spacial score (nSPS) is 12.8. The van der Waals surface area contributed by atoms with Gasteiger partial charge in [0.1, 0.15) is 5.75 Å². The van der Waals surface area contributed by atoms with Crippen LogP contribution in [0, 0.1) is 20.8 Å². The lowest BCUT2D eigenvalue weighted by atomic mass is 9.79. The fraction of sp³-hybridized carbons (Fsp3) is 0.458. The number of phenolic OH excluding ortho intramolecular Hbond substituents is 1. The van der Waals surface area contributed by atoms with Crippen molar-refractivity contribution < 1.29 is 5.11 Å². The number of nitrogens with zero attached hydrogens (tertiary/aromatic N) is 1. The number of aliphatic imine (C=N–C) groups is 1. The maximum atomic E-state index is 10.9. The van der Waals surface area contributed by atoms with Gasteiger partial charge >= 0.3 is 0 Å². The third-order valence-corrected chi connectivity index (χ3v) is 4.78. The monoisotopic (exact) mass is 351 g/mol. The zero-order valence-corrected chi connectivity index (χ0v) is 17.8. The summed E-state index contributed by atoms with van der Waals surface area (Å²) in [5, 5.41) is 10.9. The summed E-state index contributed by atoms with van der Waals surface area (Å²) in [4.78, 5) is 4.74. The van der Waals surface area contributed by atoms with Crippen LogP contribution in [0.2, 0.25) is 0 Å². The van der Waals surface area contributed by atoms with Gasteiger partial charge in [-0.3, -0.25) is 4.99 Å². The minimum atomic E-state index is -0.135. The molecule has 0 heterocycles. The lowest BCUT2D eigenvalue weighted by Crippen LogP contribution is -2.17. The van der Waals surface area contributed by atoms with Crippen molar-refractivity contribution in [2.75, 3.05) is 0 Å². The maximum Gasteiger partial charge on any atom is 0.128 e. The second-order valence-electron chi connectivity index (χ2n) is 9.47. The molecule has 26 heavy (non-hydrogen) atoms. The first-order valence-electron chi connectivity index (χ1n) is 9.30. The molecule has 1 N–H and O–H groups in total. The molecular formula is C24H33NO. The Morgan fingerprint density at radius 1 is 0.808 bits per heavy atom. The zero-order chi connectivity index (χ0) is 19.9. The quantitative estimate of drug-likeness (QED) is 0.603. The van der Waals surface area contributed by atoms with Gasteiger partial charge in [0.2, 0.25) is 0 Å². The summed E-state index contributed by atoms with van der Waals surface area (Å²) in [5.74, 6) is 0.330. The Morgan fingerprint density at radius 3 is 1.81 bits per heavy atom. The number of aromatic hydroxyl groups is 1. The third kappa shape index (κ3) is 4.35. The van der Waals surface area contributed by atoms with Gasteiger partial charge in [0.15, 0.2) is 0 Å². The number of phenols is 1. The topological polar surface area (TPSA) is 32.6 Å². The molecule has 0 radical (unpaired) electrons. The molecule has 0 spiro atoms. The van der Waals surface area contributed by atoms with E-state index in [9.17, 15) is 5.11 Å². The van der Waals surface area contributed by atoms with Gasteiger partial charge in [-0.25, -0.2) is 0 Å². The fourth-order valence-corrected chi connectivity index (χ4v) is 3.27. The Balaban J connectivity index is 2.63. The standard InChI is InChI=1S/C24H33NO/c1-15-10-16(2)21(17(3)11-15)25-14-18-12-19(23(4,5)6)13-20(22(18)26)24(7,8)9/h10-14,26H,1-9H3/b25-14+. The van der Waals surface area contributed by atoms with Gasteiger partial charge in [-0.15, -0.1) is 0 Å². The van der Waals surface area contributed by atoms with Crippen molar-refractivity contribution in [1.29, 1.82) is 0 Å². The Kier molecular flexibility index (Phi) is 5.37. The molecular weight excluding hydrogens is 318 g/mol. The highest BCUT2D eigenvalue weighted by atomic mass is 16.3. The van der Waals surface area contributed by atoms with E-state index in [0.717, 1.165) is 27.9 Å². The number of hydrogen-bond donors (Lipinski definition) is 1. The molecule has 0 saturated carbocycles. The minimum absolute atomic E-state index is 0.00593.